The first-order valence-corrected chi connectivity index (χ1v) is 4.54. The van der Waals surface area contributed by atoms with Crippen LogP contribution < -0.4 is 4.74 Å². The number of ether oxygens (including phenoxy) is 1. The minimum atomic E-state index is -0.0335. The number of rotatable bonds is 4. The molecule has 0 unspecified atom stereocenters. The van der Waals surface area contributed by atoms with E-state index in [1.54, 1.807) is 18.3 Å². The smallest absolute Gasteiger partial charge is 0.138 e. The third-order valence-corrected chi connectivity index (χ3v) is 1.70. The predicted octanol–water partition coefficient (Wildman–Crippen LogP) is 1.92. The number of hydrogen-bond acceptors (Lipinski definition) is 3. The molecule has 3 heteroatoms. The molecule has 76 valence electrons. The van der Waals surface area contributed by atoms with Crippen LogP contribution in [0.15, 0.2) is 30.0 Å². The molecule has 0 saturated heterocycles. The van der Waals surface area contributed by atoms with E-state index in [9.17, 15) is 0 Å². The van der Waals surface area contributed by atoms with E-state index in [0.717, 1.165) is 5.75 Å². The number of pyridine rings is 1. The highest BCUT2D eigenvalue weighted by atomic mass is 16.5. The van der Waals surface area contributed by atoms with Crippen LogP contribution >= 0.6 is 0 Å². The first kappa shape index (κ1) is 10.7. The Hall–Kier alpha value is -1.35. The van der Waals surface area contributed by atoms with E-state index in [-0.39, 0.29) is 6.61 Å². The zero-order chi connectivity index (χ0) is 10.4. The molecule has 0 saturated carbocycles. The molecule has 0 aliphatic carbocycles. The number of aromatic nitrogens is 1. The highest BCUT2D eigenvalue weighted by molar-refractivity contribution is 5.19. The van der Waals surface area contributed by atoms with Gasteiger partial charge in [-0.25, -0.2) is 0 Å². The van der Waals surface area contributed by atoms with E-state index in [0.29, 0.717) is 12.3 Å². The number of aliphatic hydroxyl groups is 1. The minimum absolute atomic E-state index is 0.0335. The fraction of sp³-hybridized carbons (Fsp3) is 0.364. The van der Waals surface area contributed by atoms with Crippen molar-refractivity contribution in [3.8, 4) is 5.75 Å². The average Bonchev–Trinajstić information content (AvgIpc) is 2.18. The van der Waals surface area contributed by atoms with Crippen molar-refractivity contribution in [1.29, 1.82) is 0 Å². The number of nitrogens with zero attached hydrogens (tertiary/aromatic N) is 1. The second-order valence-corrected chi connectivity index (χ2v) is 3.24. The van der Waals surface area contributed by atoms with Gasteiger partial charge < -0.3 is 9.84 Å². The van der Waals surface area contributed by atoms with Gasteiger partial charge in [0.05, 0.1) is 18.5 Å². The third kappa shape index (κ3) is 3.58. The quantitative estimate of drug-likeness (QED) is 0.743. The molecule has 1 N–H and O–H groups in total. The van der Waals surface area contributed by atoms with Crippen LogP contribution in [0.5, 0.6) is 5.75 Å². The number of hydrogen-bond donors (Lipinski definition) is 1. The topological polar surface area (TPSA) is 42.4 Å². The first-order valence-electron chi connectivity index (χ1n) is 4.54. The van der Waals surface area contributed by atoms with Crippen LogP contribution in [0.25, 0.3) is 0 Å². The van der Waals surface area contributed by atoms with Gasteiger partial charge in [-0.1, -0.05) is 5.57 Å². The summed E-state index contributed by atoms with van der Waals surface area (Å²) in [5, 5.41) is 8.76. The standard InChI is InChI=1S/C11H15NO2/c1-9(2)5-6-14-11-4-3-10(8-13)12-7-11/h3-5,7,13H,6,8H2,1-2H3. The van der Waals surface area contributed by atoms with Crippen LogP contribution in [0, 0.1) is 0 Å². The van der Waals surface area contributed by atoms with Crippen LogP contribution in [-0.4, -0.2) is 16.7 Å². The fourth-order valence-electron chi connectivity index (χ4n) is 0.894. The van der Waals surface area contributed by atoms with Gasteiger partial charge in [-0.2, -0.15) is 0 Å². The maximum absolute atomic E-state index is 8.76. The Labute approximate surface area is 84.1 Å². The third-order valence-electron chi connectivity index (χ3n) is 1.70. The molecule has 3 nitrogen and oxygen atoms in total. The molecule has 0 radical (unpaired) electrons. The summed E-state index contributed by atoms with van der Waals surface area (Å²) in [6.45, 7) is 4.57. The van der Waals surface area contributed by atoms with Crippen LogP contribution in [-0.2, 0) is 6.61 Å². The van der Waals surface area contributed by atoms with Gasteiger partial charge in [-0.15, -0.1) is 0 Å². The van der Waals surface area contributed by atoms with Gasteiger partial charge in [0.25, 0.3) is 0 Å². The van der Waals surface area contributed by atoms with Crippen LogP contribution in [0.1, 0.15) is 19.5 Å². The number of allylic oxidation sites excluding steroid dienone is 1. The lowest BCUT2D eigenvalue weighted by Gasteiger charge is -2.03. The van der Waals surface area contributed by atoms with Crippen molar-refractivity contribution < 1.29 is 9.84 Å². The summed E-state index contributed by atoms with van der Waals surface area (Å²) in [6.07, 6.45) is 3.62. The minimum Gasteiger partial charge on any atom is -0.488 e. The van der Waals surface area contributed by atoms with Crippen molar-refractivity contribution in [3.05, 3.63) is 35.7 Å². The van der Waals surface area contributed by atoms with Gasteiger partial charge in [0.1, 0.15) is 12.4 Å². The number of aliphatic hydroxyl groups excluding tert-OH is 1. The van der Waals surface area contributed by atoms with E-state index in [4.69, 9.17) is 9.84 Å². The van der Waals surface area contributed by atoms with E-state index < -0.39 is 0 Å². The Bertz CT molecular complexity index is 300. The van der Waals surface area contributed by atoms with Crippen molar-refractivity contribution in [3.63, 3.8) is 0 Å². The molecular formula is C11H15NO2. The summed E-state index contributed by atoms with van der Waals surface area (Å²) in [4.78, 5) is 4.00. The summed E-state index contributed by atoms with van der Waals surface area (Å²) in [6, 6.07) is 3.55. The first-order chi connectivity index (χ1) is 6.72. The highest BCUT2D eigenvalue weighted by Gasteiger charge is 1.94. The second kappa shape index (κ2) is 5.40. The monoisotopic (exact) mass is 193 g/mol. The van der Waals surface area contributed by atoms with E-state index in [2.05, 4.69) is 4.98 Å². The van der Waals surface area contributed by atoms with Gasteiger partial charge in [0, 0.05) is 0 Å². The molecule has 1 heterocycles. The van der Waals surface area contributed by atoms with Crippen molar-refractivity contribution in [2.24, 2.45) is 0 Å². The van der Waals surface area contributed by atoms with Crippen molar-refractivity contribution in [1.82, 2.24) is 4.98 Å². The Kier molecular flexibility index (Phi) is 4.13. The molecule has 0 aromatic carbocycles. The molecule has 0 atom stereocenters. The second-order valence-electron chi connectivity index (χ2n) is 3.24. The van der Waals surface area contributed by atoms with Crippen molar-refractivity contribution >= 4 is 0 Å². The van der Waals surface area contributed by atoms with E-state index in [1.807, 2.05) is 19.9 Å². The fourth-order valence-corrected chi connectivity index (χ4v) is 0.894. The largest absolute Gasteiger partial charge is 0.488 e. The van der Waals surface area contributed by atoms with Crippen molar-refractivity contribution in [2.45, 2.75) is 20.5 Å². The molecule has 0 aliphatic heterocycles. The van der Waals surface area contributed by atoms with Crippen LogP contribution in [0.2, 0.25) is 0 Å². The lowest BCUT2D eigenvalue weighted by atomic mass is 10.3. The zero-order valence-electron chi connectivity index (χ0n) is 8.53. The maximum atomic E-state index is 8.76. The van der Waals surface area contributed by atoms with Gasteiger partial charge in [-0.05, 0) is 32.1 Å². The SMILES string of the molecule is CC(C)=CCOc1ccc(CO)nc1. The van der Waals surface area contributed by atoms with E-state index >= 15 is 0 Å². The molecule has 0 bridgehead atoms. The summed E-state index contributed by atoms with van der Waals surface area (Å²) >= 11 is 0. The summed E-state index contributed by atoms with van der Waals surface area (Å²) in [5.41, 5.74) is 1.88. The lowest BCUT2D eigenvalue weighted by Crippen LogP contribution is -1.96. The Balaban J connectivity index is 2.48. The predicted molar refractivity (Wildman–Crippen MR) is 55.1 cm³/mol. The summed E-state index contributed by atoms with van der Waals surface area (Å²) in [5.74, 6) is 0.722. The van der Waals surface area contributed by atoms with Gasteiger partial charge in [0.15, 0.2) is 0 Å². The van der Waals surface area contributed by atoms with Crippen molar-refractivity contribution in [2.75, 3.05) is 6.61 Å². The Morgan fingerprint density at radius 3 is 2.79 bits per heavy atom. The zero-order valence-corrected chi connectivity index (χ0v) is 8.53. The highest BCUT2D eigenvalue weighted by Crippen LogP contribution is 2.09. The molecule has 14 heavy (non-hydrogen) atoms. The average molecular weight is 193 g/mol. The lowest BCUT2D eigenvalue weighted by molar-refractivity contribution is 0.276. The van der Waals surface area contributed by atoms with Gasteiger partial charge in [-0.3, -0.25) is 4.98 Å². The Morgan fingerprint density at radius 2 is 2.29 bits per heavy atom. The molecular weight excluding hydrogens is 178 g/mol. The normalized spacial score (nSPS) is 9.64. The summed E-state index contributed by atoms with van der Waals surface area (Å²) in [7, 11) is 0. The molecule has 0 amide bonds. The molecule has 1 rings (SSSR count). The molecule has 0 fully saturated rings. The molecule has 0 aliphatic rings. The summed E-state index contributed by atoms with van der Waals surface area (Å²) < 4.78 is 5.40. The molecule has 1 aromatic heterocycles. The van der Waals surface area contributed by atoms with E-state index in [1.165, 1.54) is 5.57 Å². The van der Waals surface area contributed by atoms with Gasteiger partial charge in [0.2, 0.25) is 0 Å². The molecule has 0 spiro atoms. The maximum Gasteiger partial charge on any atom is 0.138 e. The molecule has 1 aromatic rings. The van der Waals surface area contributed by atoms with Crippen LogP contribution in [0.4, 0.5) is 0 Å². The van der Waals surface area contributed by atoms with Crippen LogP contribution in [0.3, 0.4) is 0 Å². The van der Waals surface area contributed by atoms with Gasteiger partial charge >= 0.3 is 0 Å². The Morgan fingerprint density at radius 1 is 1.50 bits per heavy atom.